The number of amides is 2. The largest absolute Gasteiger partial charge is 0.482 e. The summed E-state index contributed by atoms with van der Waals surface area (Å²) in [4.78, 5) is 47.4. The minimum atomic E-state index is -1.09. The van der Waals surface area contributed by atoms with Crippen LogP contribution in [0, 0.1) is 0 Å². The normalized spacial score (nSPS) is 16.9. The summed E-state index contributed by atoms with van der Waals surface area (Å²) in [7, 11) is 1.18. The van der Waals surface area contributed by atoms with Gasteiger partial charge >= 0.3 is 11.9 Å². The van der Waals surface area contributed by atoms with Crippen LogP contribution in [0.2, 0.25) is 0 Å². The topological polar surface area (TPSA) is 110 Å². The molecule has 1 heterocycles. The lowest BCUT2D eigenvalue weighted by molar-refractivity contribution is -0.148. The number of carboxylic acid groups (broad SMARTS) is 1. The van der Waals surface area contributed by atoms with E-state index >= 15 is 0 Å². The Morgan fingerprint density at radius 1 is 1.28 bits per heavy atom. The Morgan fingerprint density at radius 2 is 1.92 bits per heavy atom. The number of imide groups is 1. The molecule has 2 amide bonds. The van der Waals surface area contributed by atoms with E-state index in [1.165, 1.54) is 20.1 Å². The van der Waals surface area contributed by atoms with Gasteiger partial charge in [-0.25, -0.2) is 9.59 Å². The van der Waals surface area contributed by atoms with Gasteiger partial charge < -0.3 is 14.6 Å². The number of esters is 1. The third kappa shape index (κ3) is 4.38. The van der Waals surface area contributed by atoms with Crippen LogP contribution in [0.1, 0.15) is 12.5 Å². The van der Waals surface area contributed by atoms with Crippen molar-refractivity contribution in [3.8, 4) is 5.75 Å². The van der Waals surface area contributed by atoms with Gasteiger partial charge in [0.1, 0.15) is 11.8 Å². The number of hydrogen-bond donors (Lipinski definition) is 1. The van der Waals surface area contributed by atoms with Crippen molar-refractivity contribution in [2.45, 2.75) is 13.0 Å². The van der Waals surface area contributed by atoms with Crippen LogP contribution in [-0.4, -0.2) is 52.8 Å². The zero-order valence-corrected chi connectivity index (χ0v) is 14.2. The summed E-state index contributed by atoms with van der Waals surface area (Å²) in [6, 6.07) is 5.34. The molecule has 1 aliphatic rings. The molecular weight excluding hydrogens is 350 g/mol. The lowest BCUT2D eigenvalue weighted by atomic mass is 10.2. The van der Waals surface area contributed by atoms with Gasteiger partial charge in [0.2, 0.25) is 0 Å². The predicted octanol–water partition coefficient (Wildman–Crippen LogP) is 1.75. The van der Waals surface area contributed by atoms with E-state index in [1.54, 1.807) is 24.3 Å². The highest BCUT2D eigenvalue weighted by Gasteiger charge is 2.41. The number of carboxylic acids is 1. The molecule has 0 aromatic heterocycles. The highest BCUT2D eigenvalue weighted by atomic mass is 32.2. The maximum atomic E-state index is 12.3. The molecule has 1 fully saturated rings. The molecule has 2 rings (SSSR count). The molecule has 0 spiro atoms. The first kappa shape index (κ1) is 18.5. The molecule has 0 bridgehead atoms. The average Bonchev–Trinajstić information content (AvgIpc) is 2.86. The minimum Gasteiger partial charge on any atom is -0.482 e. The van der Waals surface area contributed by atoms with Crippen molar-refractivity contribution >= 4 is 40.9 Å². The molecule has 9 heteroatoms. The van der Waals surface area contributed by atoms with E-state index < -0.39 is 35.7 Å². The fraction of sp³-hybridized carbons (Fsp3) is 0.250. The van der Waals surface area contributed by atoms with Gasteiger partial charge in [0.25, 0.3) is 11.1 Å². The molecule has 0 radical (unpaired) electrons. The summed E-state index contributed by atoms with van der Waals surface area (Å²) < 4.78 is 9.57. The lowest BCUT2D eigenvalue weighted by Gasteiger charge is -2.18. The number of ether oxygens (including phenoxy) is 2. The molecule has 1 aliphatic heterocycles. The number of nitrogens with zero attached hydrogens (tertiary/aromatic N) is 1. The summed E-state index contributed by atoms with van der Waals surface area (Å²) in [5.41, 5.74) is 0.624. The number of thioether (sulfide) groups is 1. The maximum Gasteiger partial charge on any atom is 0.341 e. The molecule has 1 atom stereocenters. The SMILES string of the molecule is COC(=O)[C@@H](C)N1C(=O)S/C(=C/c2ccc(OCC(=O)O)cc2)C1=O. The molecule has 1 saturated heterocycles. The molecule has 0 aliphatic carbocycles. The third-order valence-electron chi connectivity index (χ3n) is 3.29. The van der Waals surface area contributed by atoms with Crippen molar-refractivity contribution in [2.75, 3.05) is 13.7 Å². The van der Waals surface area contributed by atoms with Crippen LogP contribution in [0.4, 0.5) is 4.79 Å². The second-order valence-corrected chi connectivity index (χ2v) is 6.00. The molecule has 1 N–H and O–H groups in total. The number of methoxy groups -OCH3 is 1. The summed E-state index contributed by atoms with van der Waals surface area (Å²) >= 11 is 0.733. The van der Waals surface area contributed by atoms with Gasteiger partial charge in [0.15, 0.2) is 6.61 Å². The zero-order chi connectivity index (χ0) is 18.6. The molecule has 132 valence electrons. The molecular formula is C16H15NO7S. The van der Waals surface area contributed by atoms with Crippen LogP contribution in [-0.2, 0) is 19.1 Å². The van der Waals surface area contributed by atoms with Gasteiger partial charge in [-0.15, -0.1) is 0 Å². The first-order chi connectivity index (χ1) is 11.8. The third-order valence-corrected chi connectivity index (χ3v) is 4.18. The average molecular weight is 365 g/mol. The number of carbonyl (C=O) groups excluding carboxylic acids is 3. The van der Waals surface area contributed by atoms with E-state index in [-0.39, 0.29) is 4.91 Å². The van der Waals surface area contributed by atoms with E-state index in [4.69, 9.17) is 9.84 Å². The van der Waals surface area contributed by atoms with Gasteiger partial charge in [-0.3, -0.25) is 14.5 Å². The number of rotatable bonds is 6. The van der Waals surface area contributed by atoms with Crippen LogP contribution < -0.4 is 4.74 Å². The van der Waals surface area contributed by atoms with Crippen molar-refractivity contribution in [3.63, 3.8) is 0 Å². The van der Waals surface area contributed by atoms with Crippen LogP contribution in [0.25, 0.3) is 6.08 Å². The number of benzene rings is 1. The highest BCUT2D eigenvalue weighted by Crippen LogP contribution is 2.34. The predicted molar refractivity (Wildman–Crippen MR) is 88.9 cm³/mol. The lowest BCUT2D eigenvalue weighted by Crippen LogP contribution is -2.42. The van der Waals surface area contributed by atoms with Crippen molar-refractivity contribution in [3.05, 3.63) is 34.7 Å². The summed E-state index contributed by atoms with van der Waals surface area (Å²) in [6.07, 6.45) is 1.51. The zero-order valence-electron chi connectivity index (χ0n) is 13.4. The Morgan fingerprint density at radius 3 is 2.48 bits per heavy atom. The standard InChI is InChI=1S/C16H15NO7S/c1-9(15(21)23-2)17-14(20)12(25-16(17)22)7-10-3-5-11(6-4-10)24-8-13(18)19/h3-7,9H,8H2,1-2H3,(H,18,19)/b12-7+/t9-/m1/s1. The van der Waals surface area contributed by atoms with E-state index in [9.17, 15) is 19.2 Å². The van der Waals surface area contributed by atoms with E-state index in [2.05, 4.69) is 4.74 Å². The fourth-order valence-electron chi connectivity index (χ4n) is 2.05. The Hall–Kier alpha value is -2.81. The van der Waals surface area contributed by atoms with E-state index in [0.717, 1.165) is 16.7 Å². The van der Waals surface area contributed by atoms with Gasteiger partial charge in [0, 0.05) is 0 Å². The maximum absolute atomic E-state index is 12.3. The molecule has 8 nitrogen and oxygen atoms in total. The van der Waals surface area contributed by atoms with E-state index in [0.29, 0.717) is 11.3 Å². The Kier molecular flexibility index (Phi) is 5.81. The van der Waals surface area contributed by atoms with Gasteiger partial charge in [0.05, 0.1) is 12.0 Å². The second-order valence-electron chi connectivity index (χ2n) is 5.00. The van der Waals surface area contributed by atoms with Crippen LogP contribution in [0.15, 0.2) is 29.2 Å². The molecule has 25 heavy (non-hydrogen) atoms. The van der Waals surface area contributed by atoms with Crippen LogP contribution in [0.3, 0.4) is 0 Å². The van der Waals surface area contributed by atoms with Gasteiger partial charge in [-0.05, 0) is 42.5 Å². The van der Waals surface area contributed by atoms with Crippen molar-refractivity contribution in [2.24, 2.45) is 0 Å². The Balaban J connectivity index is 2.13. The fourth-order valence-corrected chi connectivity index (χ4v) is 2.95. The summed E-state index contributed by atoms with van der Waals surface area (Å²) in [5.74, 6) is -1.97. The molecule has 0 unspecified atom stereocenters. The molecule has 0 saturated carbocycles. The monoisotopic (exact) mass is 365 g/mol. The Bertz CT molecular complexity index is 741. The smallest absolute Gasteiger partial charge is 0.341 e. The summed E-state index contributed by atoms with van der Waals surface area (Å²) in [6.45, 7) is 0.962. The van der Waals surface area contributed by atoms with E-state index in [1.807, 2.05) is 0 Å². The number of aliphatic carboxylic acids is 1. The van der Waals surface area contributed by atoms with Crippen molar-refractivity contribution in [1.29, 1.82) is 0 Å². The van der Waals surface area contributed by atoms with Crippen molar-refractivity contribution in [1.82, 2.24) is 4.90 Å². The number of hydrogen-bond acceptors (Lipinski definition) is 7. The highest BCUT2D eigenvalue weighted by molar-refractivity contribution is 8.18. The minimum absolute atomic E-state index is 0.181. The molecule has 1 aromatic rings. The van der Waals surface area contributed by atoms with Crippen molar-refractivity contribution < 1.29 is 33.8 Å². The number of carbonyl (C=O) groups is 4. The summed E-state index contributed by atoms with van der Waals surface area (Å²) in [5, 5.41) is 8.01. The van der Waals surface area contributed by atoms with Gasteiger partial charge in [-0.2, -0.15) is 0 Å². The quantitative estimate of drug-likeness (QED) is 0.600. The molecule has 1 aromatic carbocycles. The Labute approximate surface area is 147 Å². The van der Waals surface area contributed by atoms with Crippen LogP contribution in [0.5, 0.6) is 5.75 Å². The first-order valence-corrected chi connectivity index (χ1v) is 7.94. The second kappa shape index (κ2) is 7.84. The van der Waals surface area contributed by atoms with Gasteiger partial charge in [-0.1, -0.05) is 12.1 Å². The van der Waals surface area contributed by atoms with Crippen LogP contribution >= 0.6 is 11.8 Å². The first-order valence-electron chi connectivity index (χ1n) is 7.13.